The van der Waals surface area contributed by atoms with Crippen LogP contribution >= 0.6 is 0 Å². The second kappa shape index (κ2) is 7.42. The van der Waals surface area contributed by atoms with Gasteiger partial charge in [-0.15, -0.1) is 0 Å². The number of aromatic nitrogens is 3. The molecule has 1 fully saturated rings. The number of carbonyl (C=O) groups excluding carboxylic acids is 1. The third-order valence-electron chi connectivity index (χ3n) is 5.04. The van der Waals surface area contributed by atoms with Crippen molar-refractivity contribution in [2.45, 2.75) is 45.7 Å². The van der Waals surface area contributed by atoms with Crippen molar-refractivity contribution in [1.82, 2.24) is 24.9 Å². The third kappa shape index (κ3) is 3.82. The number of fused-ring (bicyclic) bond motifs is 1. The predicted octanol–water partition coefficient (Wildman–Crippen LogP) is 3.44. The second-order valence-corrected chi connectivity index (χ2v) is 7.07. The summed E-state index contributed by atoms with van der Waals surface area (Å²) in [6.07, 6.45) is 2.24. The van der Waals surface area contributed by atoms with E-state index in [1.165, 1.54) is 16.6 Å². The number of nitrogens with one attached hydrogen (secondary N) is 1. The summed E-state index contributed by atoms with van der Waals surface area (Å²) in [6, 6.07) is 10.4. The van der Waals surface area contributed by atoms with Gasteiger partial charge in [0.05, 0.1) is 6.54 Å². The Hall–Kier alpha value is -2.83. The Labute approximate surface area is 158 Å². The van der Waals surface area contributed by atoms with Gasteiger partial charge >= 0.3 is 6.03 Å². The lowest BCUT2D eigenvalue weighted by molar-refractivity contribution is 0.195. The van der Waals surface area contributed by atoms with Crippen molar-refractivity contribution in [2.24, 2.45) is 0 Å². The minimum absolute atomic E-state index is 0.107. The van der Waals surface area contributed by atoms with E-state index in [0.717, 1.165) is 19.4 Å². The molecule has 0 radical (unpaired) electrons. The highest BCUT2D eigenvalue weighted by Gasteiger charge is 2.30. The molecule has 1 saturated carbocycles. The molecule has 0 spiro atoms. The number of nitrogens with zero attached hydrogens (tertiary/aromatic N) is 4. The number of aryl methyl sites for hydroxylation is 1. The van der Waals surface area contributed by atoms with Crippen LogP contribution in [0.1, 0.15) is 43.1 Å². The first-order valence-corrected chi connectivity index (χ1v) is 9.56. The minimum Gasteiger partial charge on any atom is -0.343 e. The summed E-state index contributed by atoms with van der Waals surface area (Å²) >= 11 is 0. The summed E-state index contributed by atoms with van der Waals surface area (Å²) in [4.78, 5) is 18.6. The van der Waals surface area contributed by atoms with Crippen molar-refractivity contribution in [1.29, 1.82) is 0 Å². The fraction of sp³-hybridized carbons (Fsp3) is 0.450. The molecule has 0 bridgehead atoms. The van der Waals surface area contributed by atoms with Crippen LogP contribution in [0, 0.1) is 6.92 Å². The first-order valence-electron chi connectivity index (χ1n) is 9.56. The number of para-hydroxylation sites is 1. The van der Waals surface area contributed by atoms with Crippen LogP contribution < -0.4 is 5.32 Å². The third-order valence-corrected chi connectivity index (χ3v) is 5.04. The van der Waals surface area contributed by atoms with Crippen LogP contribution in [0.15, 0.2) is 34.9 Å². The fourth-order valence-corrected chi connectivity index (χ4v) is 3.36. The van der Waals surface area contributed by atoms with Crippen molar-refractivity contribution in [3.8, 4) is 0 Å². The average molecular weight is 367 g/mol. The van der Waals surface area contributed by atoms with Gasteiger partial charge in [0.25, 0.3) is 0 Å². The fourth-order valence-electron chi connectivity index (χ4n) is 3.36. The van der Waals surface area contributed by atoms with E-state index in [2.05, 4.69) is 45.1 Å². The van der Waals surface area contributed by atoms with E-state index in [4.69, 9.17) is 4.52 Å². The average Bonchev–Trinajstić information content (AvgIpc) is 3.33. The molecule has 7 heteroatoms. The topological polar surface area (TPSA) is 76.2 Å². The normalized spacial score (nSPS) is 13.9. The van der Waals surface area contributed by atoms with E-state index in [0.29, 0.717) is 37.3 Å². The zero-order valence-corrected chi connectivity index (χ0v) is 15.8. The SMILES string of the molecule is CCN(Cc1noc(C2CC2)n1)C(=O)NCCn1c(C)cc2ccccc21. The first-order chi connectivity index (χ1) is 13.2. The molecular formula is C20H25N5O2. The van der Waals surface area contributed by atoms with Crippen LogP contribution in [0.25, 0.3) is 10.9 Å². The molecule has 2 amide bonds. The van der Waals surface area contributed by atoms with Gasteiger partial charge in [0.15, 0.2) is 5.82 Å². The van der Waals surface area contributed by atoms with Gasteiger partial charge in [-0.1, -0.05) is 23.4 Å². The second-order valence-electron chi connectivity index (χ2n) is 7.07. The van der Waals surface area contributed by atoms with Gasteiger partial charge < -0.3 is 19.3 Å². The summed E-state index contributed by atoms with van der Waals surface area (Å²) in [6.45, 7) is 6.29. The molecule has 142 valence electrons. The number of hydrogen-bond acceptors (Lipinski definition) is 4. The molecule has 0 saturated heterocycles. The number of hydrogen-bond donors (Lipinski definition) is 1. The lowest BCUT2D eigenvalue weighted by Gasteiger charge is -2.20. The number of amides is 2. The molecule has 2 aromatic heterocycles. The molecule has 1 N–H and O–H groups in total. The molecule has 3 aromatic rings. The highest BCUT2D eigenvalue weighted by atomic mass is 16.5. The maximum atomic E-state index is 12.5. The molecule has 1 aromatic carbocycles. The number of benzene rings is 1. The van der Waals surface area contributed by atoms with E-state index >= 15 is 0 Å². The van der Waals surface area contributed by atoms with Gasteiger partial charge in [-0.3, -0.25) is 0 Å². The smallest absolute Gasteiger partial charge is 0.317 e. The summed E-state index contributed by atoms with van der Waals surface area (Å²) in [7, 11) is 0. The molecule has 0 atom stereocenters. The maximum Gasteiger partial charge on any atom is 0.317 e. The van der Waals surface area contributed by atoms with E-state index < -0.39 is 0 Å². The van der Waals surface area contributed by atoms with Crippen molar-refractivity contribution in [3.05, 3.63) is 47.7 Å². The monoisotopic (exact) mass is 367 g/mol. The lowest BCUT2D eigenvalue weighted by atomic mass is 10.2. The standard InChI is InChI=1S/C20H25N5O2/c1-3-24(13-18-22-19(27-23-18)15-8-9-15)20(26)21-10-11-25-14(2)12-16-6-4-5-7-17(16)25/h4-7,12,15H,3,8-11,13H2,1-2H3,(H,21,26). The van der Waals surface area contributed by atoms with Crippen LogP contribution in [-0.4, -0.2) is 38.7 Å². The quantitative estimate of drug-likeness (QED) is 0.694. The molecule has 1 aliphatic rings. The van der Waals surface area contributed by atoms with E-state index in [1.807, 2.05) is 19.1 Å². The molecule has 27 heavy (non-hydrogen) atoms. The van der Waals surface area contributed by atoms with Crippen LogP contribution in [0.4, 0.5) is 4.79 Å². The lowest BCUT2D eigenvalue weighted by Crippen LogP contribution is -2.40. The summed E-state index contributed by atoms with van der Waals surface area (Å²) < 4.78 is 7.50. The molecule has 4 rings (SSSR count). The maximum absolute atomic E-state index is 12.5. The van der Waals surface area contributed by atoms with Gasteiger partial charge in [-0.2, -0.15) is 4.98 Å². The van der Waals surface area contributed by atoms with Crippen LogP contribution in [0.2, 0.25) is 0 Å². The zero-order valence-electron chi connectivity index (χ0n) is 15.8. The summed E-state index contributed by atoms with van der Waals surface area (Å²) in [5.41, 5.74) is 2.38. The van der Waals surface area contributed by atoms with Crippen LogP contribution in [0.5, 0.6) is 0 Å². The Balaban J connectivity index is 1.33. The molecule has 7 nitrogen and oxygen atoms in total. The minimum atomic E-state index is -0.107. The highest BCUT2D eigenvalue weighted by molar-refractivity contribution is 5.81. The summed E-state index contributed by atoms with van der Waals surface area (Å²) in [5.74, 6) is 1.70. The number of rotatable bonds is 7. The Bertz CT molecular complexity index is 941. The van der Waals surface area contributed by atoms with Crippen molar-refractivity contribution >= 4 is 16.9 Å². The Morgan fingerprint density at radius 3 is 2.96 bits per heavy atom. The number of urea groups is 1. The molecular weight excluding hydrogens is 342 g/mol. The van der Waals surface area contributed by atoms with Gasteiger partial charge in [0, 0.05) is 36.8 Å². The Kier molecular flexibility index (Phi) is 4.83. The van der Waals surface area contributed by atoms with Gasteiger partial charge in [0.2, 0.25) is 5.89 Å². The number of carbonyl (C=O) groups is 1. The van der Waals surface area contributed by atoms with Crippen LogP contribution in [-0.2, 0) is 13.1 Å². The summed E-state index contributed by atoms with van der Waals surface area (Å²) in [5, 5.41) is 8.23. The van der Waals surface area contributed by atoms with E-state index in [1.54, 1.807) is 4.90 Å². The van der Waals surface area contributed by atoms with Crippen molar-refractivity contribution in [3.63, 3.8) is 0 Å². The molecule has 1 aliphatic carbocycles. The molecule has 0 unspecified atom stereocenters. The van der Waals surface area contributed by atoms with E-state index in [9.17, 15) is 4.79 Å². The first kappa shape index (κ1) is 17.6. The molecule has 0 aliphatic heterocycles. The van der Waals surface area contributed by atoms with E-state index in [-0.39, 0.29) is 6.03 Å². The Morgan fingerprint density at radius 2 is 2.19 bits per heavy atom. The van der Waals surface area contributed by atoms with Crippen molar-refractivity contribution in [2.75, 3.05) is 13.1 Å². The van der Waals surface area contributed by atoms with Crippen LogP contribution in [0.3, 0.4) is 0 Å². The van der Waals surface area contributed by atoms with Crippen molar-refractivity contribution < 1.29 is 9.32 Å². The van der Waals surface area contributed by atoms with Gasteiger partial charge in [-0.25, -0.2) is 4.79 Å². The molecule has 2 heterocycles. The largest absolute Gasteiger partial charge is 0.343 e. The zero-order chi connectivity index (χ0) is 18.8. The predicted molar refractivity (Wildman–Crippen MR) is 102 cm³/mol. The van der Waals surface area contributed by atoms with Gasteiger partial charge in [-0.05, 0) is 44.2 Å². The van der Waals surface area contributed by atoms with Gasteiger partial charge in [0.1, 0.15) is 0 Å². The highest BCUT2D eigenvalue weighted by Crippen LogP contribution is 2.38. The Morgan fingerprint density at radius 1 is 1.37 bits per heavy atom.